The van der Waals surface area contributed by atoms with Gasteiger partial charge in [0.05, 0.1) is 6.33 Å². The molecule has 0 saturated heterocycles. The van der Waals surface area contributed by atoms with E-state index in [2.05, 4.69) is 19.5 Å². The van der Waals surface area contributed by atoms with Crippen LogP contribution < -0.4 is 0 Å². The molecule has 0 aliphatic heterocycles. The zero-order chi connectivity index (χ0) is 11.6. The molecule has 1 N–H and O–H groups in total. The predicted octanol–water partition coefficient (Wildman–Crippen LogP) is 1.42. The van der Waals surface area contributed by atoms with E-state index in [1.165, 1.54) is 6.33 Å². The van der Waals surface area contributed by atoms with Crippen molar-refractivity contribution in [3.8, 4) is 0 Å². The molecule has 2 aromatic rings. The molecule has 2 fully saturated rings. The summed E-state index contributed by atoms with van der Waals surface area (Å²) in [6, 6.07) is 0.426. The number of rotatable bonds is 2. The highest BCUT2D eigenvalue weighted by Crippen LogP contribution is 2.76. The summed E-state index contributed by atoms with van der Waals surface area (Å²) in [5, 5.41) is 9.58. The van der Waals surface area contributed by atoms with Crippen molar-refractivity contribution >= 4 is 22.8 Å². The molecular weight excluding hydrogens is 240 g/mol. The first-order valence-electron chi connectivity index (χ1n) is 5.70. The second kappa shape index (κ2) is 2.97. The molecule has 0 unspecified atom stereocenters. The van der Waals surface area contributed by atoms with Crippen molar-refractivity contribution in [1.29, 1.82) is 0 Å². The van der Waals surface area contributed by atoms with Crippen LogP contribution in [-0.4, -0.2) is 31.2 Å². The van der Waals surface area contributed by atoms with E-state index < -0.39 is 0 Å². The van der Waals surface area contributed by atoms with E-state index in [0.29, 0.717) is 34.7 Å². The monoisotopic (exact) mass is 250 g/mol. The predicted molar refractivity (Wildman–Crippen MR) is 61.6 cm³/mol. The van der Waals surface area contributed by atoms with Gasteiger partial charge in [0.1, 0.15) is 11.8 Å². The molecule has 17 heavy (non-hydrogen) atoms. The molecule has 0 amide bonds. The van der Waals surface area contributed by atoms with Crippen LogP contribution in [0.4, 0.5) is 0 Å². The minimum absolute atomic E-state index is 0.291. The van der Waals surface area contributed by atoms with Gasteiger partial charge >= 0.3 is 0 Å². The maximum Gasteiger partial charge on any atom is 0.165 e. The van der Waals surface area contributed by atoms with Crippen molar-refractivity contribution in [2.45, 2.75) is 18.9 Å². The number of aliphatic hydroxyl groups excluding tert-OH is 1. The average Bonchev–Trinajstić information content (AvgIpc) is 3.18. The molecular formula is C11H11ClN4O. The fraction of sp³-hybridized carbons (Fsp3) is 0.545. The molecule has 0 aromatic carbocycles. The van der Waals surface area contributed by atoms with Crippen molar-refractivity contribution < 1.29 is 5.11 Å². The first-order chi connectivity index (χ1) is 8.26. The maximum atomic E-state index is 9.18. The van der Waals surface area contributed by atoms with Gasteiger partial charge in [0, 0.05) is 12.6 Å². The number of hydrogen-bond donors (Lipinski definition) is 1. The zero-order valence-corrected chi connectivity index (χ0v) is 9.80. The molecule has 1 spiro atoms. The van der Waals surface area contributed by atoms with Gasteiger partial charge in [-0.15, -0.1) is 0 Å². The lowest BCUT2D eigenvalue weighted by molar-refractivity contribution is 0.264. The van der Waals surface area contributed by atoms with Crippen LogP contribution in [0.2, 0.25) is 5.15 Å². The van der Waals surface area contributed by atoms with Gasteiger partial charge in [-0.05, 0) is 24.2 Å². The van der Waals surface area contributed by atoms with Gasteiger partial charge in [0.15, 0.2) is 10.8 Å². The van der Waals surface area contributed by atoms with Crippen molar-refractivity contribution in [2.24, 2.45) is 11.3 Å². The first-order valence-corrected chi connectivity index (χ1v) is 6.08. The molecule has 88 valence electrons. The number of nitrogens with zero attached hydrogens (tertiary/aromatic N) is 4. The standard InChI is InChI=1S/C11H11ClN4O/c12-9-8-10(14-4-13-9)16(5-15-8)7-2-11(7)1-6(11)3-17/h4-7,17H,1-3H2/t6-,7-,11-/m0/s1. The Labute approximate surface area is 102 Å². The van der Waals surface area contributed by atoms with Crippen molar-refractivity contribution in [3.63, 3.8) is 0 Å². The number of imidazole rings is 1. The summed E-state index contributed by atoms with van der Waals surface area (Å²) in [7, 11) is 0. The van der Waals surface area contributed by atoms with Gasteiger partial charge in [-0.2, -0.15) is 0 Å². The van der Waals surface area contributed by atoms with Gasteiger partial charge in [-0.3, -0.25) is 0 Å². The lowest BCUT2D eigenvalue weighted by atomic mass is 10.3. The fourth-order valence-corrected chi connectivity index (χ4v) is 3.21. The highest BCUT2D eigenvalue weighted by atomic mass is 35.5. The molecule has 0 radical (unpaired) electrons. The highest BCUT2D eigenvalue weighted by Gasteiger charge is 2.71. The summed E-state index contributed by atoms with van der Waals surface area (Å²) in [6.07, 6.45) is 5.49. The third kappa shape index (κ3) is 1.16. The van der Waals surface area contributed by atoms with E-state index in [4.69, 9.17) is 11.6 Å². The molecule has 0 bridgehead atoms. The number of aromatic nitrogens is 4. The van der Waals surface area contributed by atoms with E-state index in [0.717, 1.165) is 18.5 Å². The third-order valence-electron chi connectivity index (χ3n) is 4.23. The first kappa shape index (κ1) is 9.79. The van der Waals surface area contributed by atoms with E-state index in [-0.39, 0.29) is 0 Å². The lowest BCUT2D eigenvalue weighted by Crippen LogP contribution is -1.99. The third-order valence-corrected chi connectivity index (χ3v) is 4.50. The number of halogens is 1. The maximum absolute atomic E-state index is 9.18. The number of hydrogen-bond acceptors (Lipinski definition) is 4. The van der Waals surface area contributed by atoms with Gasteiger partial charge in [0.25, 0.3) is 0 Å². The molecule has 4 rings (SSSR count). The summed E-state index contributed by atoms with van der Waals surface area (Å²) in [5.41, 5.74) is 1.78. The van der Waals surface area contributed by atoms with Crippen LogP contribution in [0.3, 0.4) is 0 Å². The van der Waals surface area contributed by atoms with Gasteiger partial charge in [0.2, 0.25) is 0 Å². The quantitative estimate of drug-likeness (QED) is 0.819. The van der Waals surface area contributed by atoms with Crippen LogP contribution in [0, 0.1) is 11.3 Å². The topological polar surface area (TPSA) is 63.8 Å². The van der Waals surface area contributed by atoms with Crippen LogP contribution in [-0.2, 0) is 0 Å². The Balaban J connectivity index is 1.77. The second-order valence-corrected chi connectivity index (χ2v) is 5.38. The van der Waals surface area contributed by atoms with Crippen LogP contribution in [0.5, 0.6) is 0 Å². The molecule has 6 heteroatoms. The molecule has 2 aliphatic carbocycles. The van der Waals surface area contributed by atoms with E-state index in [9.17, 15) is 5.11 Å². The molecule has 2 aromatic heterocycles. The summed E-state index contributed by atoms with van der Waals surface area (Å²) in [4.78, 5) is 12.4. The Kier molecular flexibility index (Phi) is 1.71. The fourth-order valence-electron chi connectivity index (χ4n) is 3.03. The second-order valence-electron chi connectivity index (χ2n) is 5.03. The largest absolute Gasteiger partial charge is 0.396 e. The van der Waals surface area contributed by atoms with Gasteiger partial charge < -0.3 is 9.67 Å². The van der Waals surface area contributed by atoms with Crippen LogP contribution in [0.25, 0.3) is 11.2 Å². The van der Waals surface area contributed by atoms with Gasteiger partial charge in [-0.1, -0.05) is 11.6 Å². The van der Waals surface area contributed by atoms with Crippen molar-refractivity contribution in [1.82, 2.24) is 19.5 Å². The molecule has 2 aliphatic rings. The summed E-state index contributed by atoms with van der Waals surface area (Å²) < 4.78 is 2.08. The molecule has 5 nitrogen and oxygen atoms in total. The minimum atomic E-state index is 0.291. The zero-order valence-electron chi connectivity index (χ0n) is 9.04. The molecule has 3 atom stereocenters. The van der Waals surface area contributed by atoms with Crippen LogP contribution in [0.15, 0.2) is 12.7 Å². The highest BCUT2D eigenvalue weighted by molar-refractivity contribution is 6.33. The van der Waals surface area contributed by atoms with Gasteiger partial charge in [-0.25, -0.2) is 15.0 Å². The Hall–Kier alpha value is -1.20. The van der Waals surface area contributed by atoms with Crippen molar-refractivity contribution in [3.05, 3.63) is 17.8 Å². The Bertz CT molecular complexity index is 613. The normalized spacial score (nSPS) is 34.5. The van der Waals surface area contributed by atoms with E-state index >= 15 is 0 Å². The van der Waals surface area contributed by atoms with E-state index in [1.54, 1.807) is 6.33 Å². The summed E-state index contributed by atoms with van der Waals surface area (Å²) >= 11 is 5.97. The molecule has 2 saturated carbocycles. The summed E-state index contributed by atoms with van der Waals surface area (Å²) in [6.45, 7) is 0.291. The average molecular weight is 251 g/mol. The number of aliphatic hydroxyl groups is 1. The van der Waals surface area contributed by atoms with Crippen LogP contribution in [0.1, 0.15) is 18.9 Å². The Morgan fingerprint density at radius 2 is 2.29 bits per heavy atom. The van der Waals surface area contributed by atoms with E-state index in [1.807, 2.05) is 0 Å². The lowest BCUT2D eigenvalue weighted by Gasteiger charge is -2.01. The van der Waals surface area contributed by atoms with Crippen LogP contribution >= 0.6 is 11.6 Å². The van der Waals surface area contributed by atoms with Crippen molar-refractivity contribution in [2.75, 3.05) is 6.61 Å². The smallest absolute Gasteiger partial charge is 0.165 e. The minimum Gasteiger partial charge on any atom is -0.396 e. The Morgan fingerprint density at radius 3 is 3.06 bits per heavy atom. The number of fused-ring (bicyclic) bond motifs is 1. The Morgan fingerprint density at radius 1 is 1.41 bits per heavy atom. The SMILES string of the molecule is OC[C@@H]1C[C@]12C[C@@H]2n1cnc2c(Cl)ncnc21. The summed E-state index contributed by atoms with van der Waals surface area (Å²) in [5.74, 6) is 0.460. The molecule has 2 heterocycles.